The van der Waals surface area contributed by atoms with Crippen LogP contribution in [0.25, 0.3) is 0 Å². The van der Waals surface area contributed by atoms with E-state index in [1.54, 1.807) is 0 Å². The lowest BCUT2D eigenvalue weighted by atomic mass is 10.0. The molecule has 0 aliphatic rings. The number of unbranched alkanes of at least 4 members (excludes halogenated alkanes) is 2. The zero-order valence-electron chi connectivity index (χ0n) is 11.7. The Bertz CT molecular complexity index is 271. The van der Waals surface area contributed by atoms with Crippen LogP contribution in [0.15, 0.2) is 42.0 Å². The summed E-state index contributed by atoms with van der Waals surface area (Å²) in [4.78, 5) is 4.56. The highest BCUT2D eigenvalue weighted by Crippen LogP contribution is 2.12. The van der Waals surface area contributed by atoms with E-state index in [1.807, 2.05) is 19.2 Å². The molecule has 1 nitrogen and oxygen atoms in total. The molecule has 0 aromatic carbocycles. The second kappa shape index (κ2) is 10.1. The van der Waals surface area contributed by atoms with E-state index in [0.717, 1.165) is 24.8 Å². The molecule has 0 bridgehead atoms. The molecule has 1 heteroatoms. The first kappa shape index (κ1) is 15.9. The van der Waals surface area contributed by atoms with Crippen molar-refractivity contribution >= 4 is 6.21 Å². The molecule has 0 amide bonds. The van der Waals surface area contributed by atoms with Crippen molar-refractivity contribution in [2.45, 2.75) is 52.5 Å². The number of hydrogen-bond acceptors (Lipinski definition) is 1. The monoisotopic (exact) mass is 233 g/mol. The lowest BCUT2D eigenvalue weighted by Crippen LogP contribution is -2.12. The van der Waals surface area contributed by atoms with Crippen LogP contribution in [0.1, 0.15) is 46.5 Å². The Balaban J connectivity index is 4.00. The van der Waals surface area contributed by atoms with E-state index >= 15 is 0 Å². The first-order valence-corrected chi connectivity index (χ1v) is 6.52. The summed E-state index contributed by atoms with van der Waals surface area (Å²) in [5, 5.41) is 0. The van der Waals surface area contributed by atoms with Gasteiger partial charge < -0.3 is 0 Å². The van der Waals surface area contributed by atoms with Gasteiger partial charge in [0.05, 0.1) is 6.04 Å². The molecule has 96 valence electrons. The Morgan fingerprint density at radius 3 is 2.47 bits per heavy atom. The van der Waals surface area contributed by atoms with Crippen LogP contribution in [0.5, 0.6) is 0 Å². The maximum absolute atomic E-state index is 4.56. The van der Waals surface area contributed by atoms with Crippen molar-refractivity contribution in [3.8, 4) is 0 Å². The number of hydrogen-bond donors (Lipinski definition) is 0. The molecule has 0 spiro atoms. The molecule has 0 aromatic heterocycles. The summed E-state index contributed by atoms with van der Waals surface area (Å²) in [5.74, 6) is 0.573. The Labute approximate surface area is 107 Å². The third kappa shape index (κ3) is 9.80. The third-order valence-corrected chi connectivity index (χ3v) is 2.58. The van der Waals surface area contributed by atoms with Crippen LogP contribution < -0.4 is 0 Å². The summed E-state index contributed by atoms with van der Waals surface area (Å²) in [6.45, 7) is 14.0. The van der Waals surface area contributed by atoms with Crippen molar-refractivity contribution in [3.63, 3.8) is 0 Å². The van der Waals surface area contributed by atoms with E-state index in [4.69, 9.17) is 0 Å². The van der Waals surface area contributed by atoms with Gasteiger partial charge in [0.25, 0.3) is 0 Å². The molecular weight excluding hydrogens is 206 g/mol. The third-order valence-electron chi connectivity index (χ3n) is 2.58. The molecule has 0 N–H and O–H groups in total. The molecule has 0 radical (unpaired) electrons. The van der Waals surface area contributed by atoms with Crippen molar-refractivity contribution in [1.82, 2.24) is 0 Å². The topological polar surface area (TPSA) is 12.4 Å². The van der Waals surface area contributed by atoms with Gasteiger partial charge in [0.1, 0.15) is 0 Å². The van der Waals surface area contributed by atoms with Gasteiger partial charge in [0.15, 0.2) is 0 Å². The molecule has 1 unspecified atom stereocenters. The smallest absolute Gasteiger partial charge is 0.0556 e. The lowest BCUT2D eigenvalue weighted by Gasteiger charge is -2.14. The van der Waals surface area contributed by atoms with Crippen LogP contribution in [-0.2, 0) is 0 Å². The average Bonchev–Trinajstić information content (AvgIpc) is 2.26. The van der Waals surface area contributed by atoms with Gasteiger partial charge in [0, 0.05) is 6.21 Å². The van der Waals surface area contributed by atoms with E-state index in [9.17, 15) is 0 Å². The fourth-order valence-corrected chi connectivity index (χ4v) is 1.46. The molecule has 0 heterocycles. The summed E-state index contributed by atoms with van der Waals surface area (Å²) in [5.41, 5.74) is 1.02. The summed E-state index contributed by atoms with van der Waals surface area (Å²) < 4.78 is 0. The number of rotatable bonds is 9. The SMILES string of the molecule is C=CCCC/C=C/CC(N=CC(=C)C)C(C)C. The van der Waals surface area contributed by atoms with Crippen LogP contribution in [0.2, 0.25) is 0 Å². The fourth-order valence-electron chi connectivity index (χ4n) is 1.46. The predicted octanol–water partition coefficient (Wildman–Crippen LogP) is 4.96. The van der Waals surface area contributed by atoms with Gasteiger partial charge >= 0.3 is 0 Å². The highest BCUT2D eigenvalue weighted by Gasteiger charge is 2.08. The Kier molecular flexibility index (Phi) is 9.41. The number of aliphatic imine (C=N–C) groups is 1. The van der Waals surface area contributed by atoms with Gasteiger partial charge in [-0.3, -0.25) is 4.99 Å². The fraction of sp³-hybridized carbons (Fsp3) is 0.562. The van der Waals surface area contributed by atoms with Gasteiger partial charge in [-0.15, -0.1) is 6.58 Å². The van der Waals surface area contributed by atoms with Crippen LogP contribution >= 0.6 is 0 Å². The summed E-state index contributed by atoms with van der Waals surface area (Å²) >= 11 is 0. The van der Waals surface area contributed by atoms with Gasteiger partial charge in [-0.2, -0.15) is 0 Å². The summed E-state index contributed by atoms with van der Waals surface area (Å²) in [7, 11) is 0. The van der Waals surface area contributed by atoms with Gasteiger partial charge in [-0.1, -0.05) is 38.7 Å². The van der Waals surface area contributed by atoms with Crippen molar-refractivity contribution in [3.05, 3.63) is 37.0 Å². The van der Waals surface area contributed by atoms with Gasteiger partial charge in [-0.25, -0.2) is 0 Å². The van der Waals surface area contributed by atoms with Crippen LogP contribution in [0.4, 0.5) is 0 Å². The van der Waals surface area contributed by atoms with Crippen LogP contribution in [0, 0.1) is 5.92 Å². The average molecular weight is 233 g/mol. The zero-order valence-corrected chi connectivity index (χ0v) is 11.7. The quantitative estimate of drug-likeness (QED) is 0.303. The molecular formula is C16H27N. The van der Waals surface area contributed by atoms with E-state index in [1.165, 1.54) is 6.42 Å². The predicted molar refractivity (Wildman–Crippen MR) is 79.7 cm³/mol. The molecule has 0 rings (SSSR count). The Morgan fingerprint density at radius 1 is 1.24 bits per heavy atom. The van der Waals surface area contributed by atoms with Crippen molar-refractivity contribution in [2.24, 2.45) is 10.9 Å². The van der Waals surface area contributed by atoms with Gasteiger partial charge in [-0.05, 0) is 44.1 Å². The first-order chi connectivity index (χ1) is 8.07. The van der Waals surface area contributed by atoms with Gasteiger partial charge in [0.2, 0.25) is 0 Å². The standard InChI is InChI=1S/C16H27N/c1-6-7-8-9-10-11-12-16(15(4)5)17-13-14(2)3/h6,10-11,13,15-16H,1-2,7-9,12H2,3-5H3/b11-10+,17-13?. The largest absolute Gasteiger partial charge is 0.289 e. The van der Waals surface area contributed by atoms with Crippen molar-refractivity contribution < 1.29 is 0 Å². The molecule has 0 saturated carbocycles. The second-order valence-corrected chi connectivity index (χ2v) is 4.86. The maximum Gasteiger partial charge on any atom is 0.0556 e. The Hall–Kier alpha value is -1.11. The van der Waals surface area contributed by atoms with Crippen LogP contribution in [-0.4, -0.2) is 12.3 Å². The summed E-state index contributed by atoms with van der Waals surface area (Å²) in [6, 6.07) is 0.377. The highest BCUT2D eigenvalue weighted by molar-refractivity contribution is 5.76. The Morgan fingerprint density at radius 2 is 1.94 bits per heavy atom. The lowest BCUT2D eigenvalue weighted by molar-refractivity contribution is 0.501. The molecule has 0 aliphatic carbocycles. The second-order valence-electron chi connectivity index (χ2n) is 4.86. The van der Waals surface area contributed by atoms with Crippen molar-refractivity contribution in [2.75, 3.05) is 0 Å². The zero-order chi connectivity index (χ0) is 13.1. The van der Waals surface area contributed by atoms with E-state index in [0.29, 0.717) is 12.0 Å². The first-order valence-electron chi connectivity index (χ1n) is 6.52. The van der Waals surface area contributed by atoms with E-state index < -0.39 is 0 Å². The molecule has 1 atom stereocenters. The van der Waals surface area contributed by atoms with E-state index in [2.05, 4.69) is 44.1 Å². The molecule has 0 fully saturated rings. The molecule has 0 saturated heterocycles. The normalized spacial score (nSPS) is 13.6. The number of allylic oxidation sites excluding steroid dienone is 3. The molecule has 17 heavy (non-hydrogen) atoms. The van der Waals surface area contributed by atoms with E-state index in [-0.39, 0.29) is 0 Å². The minimum Gasteiger partial charge on any atom is -0.289 e. The minimum absolute atomic E-state index is 0.377. The minimum atomic E-state index is 0.377. The molecule has 0 aromatic rings. The molecule has 0 aliphatic heterocycles. The highest BCUT2D eigenvalue weighted by atomic mass is 14.8. The maximum atomic E-state index is 4.56. The number of nitrogens with zero attached hydrogens (tertiary/aromatic N) is 1. The van der Waals surface area contributed by atoms with Crippen molar-refractivity contribution in [1.29, 1.82) is 0 Å². The van der Waals surface area contributed by atoms with Crippen LogP contribution in [0.3, 0.4) is 0 Å². The summed E-state index contributed by atoms with van der Waals surface area (Å²) in [6.07, 6.45) is 12.8.